The quantitative estimate of drug-likeness (QED) is 0.491. The first kappa shape index (κ1) is 23.3. The molecule has 7 heteroatoms. The van der Waals surface area contributed by atoms with E-state index in [4.69, 9.17) is 4.74 Å². The highest BCUT2D eigenvalue weighted by Gasteiger charge is 2.20. The number of anilines is 2. The maximum absolute atomic E-state index is 12.8. The molecule has 0 bridgehead atoms. The highest BCUT2D eigenvalue weighted by molar-refractivity contribution is 7.92. The standard InChI is InChI=1S/C25H28N2O4S/c1-5-22(31-23-12-7-6-9-17(23)2)25(28)26-20-13-15-21(16-14-20)32(29,30)27-24-18(3)10-8-11-19(24)4/h6-16,22,27H,5H2,1-4H3,(H,26,28)/t22-/m1/s1. The molecule has 0 aliphatic heterocycles. The molecule has 0 saturated carbocycles. The van der Waals surface area contributed by atoms with Crippen LogP contribution in [0.1, 0.15) is 30.0 Å². The molecular weight excluding hydrogens is 424 g/mol. The number of amides is 1. The zero-order valence-corrected chi connectivity index (χ0v) is 19.5. The molecule has 0 aromatic heterocycles. The molecular formula is C25H28N2O4S. The Morgan fingerprint density at radius 1 is 0.875 bits per heavy atom. The molecule has 0 heterocycles. The minimum absolute atomic E-state index is 0.112. The second-order valence-corrected chi connectivity index (χ2v) is 9.35. The van der Waals surface area contributed by atoms with Gasteiger partial charge in [0.2, 0.25) is 0 Å². The molecule has 6 nitrogen and oxygen atoms in total. The van der Waals surface area contributed by atoms with Crippen LogP contribution in [-0.4, -0.2) is 20.4 Å². The van der Waals surface area contributed by atoms with Crippen molar-refractivity contribution >= 4 is 27.3 Å². The van der Waals surface area contributed by atoms with Crippen molar-refractivity contribution in [2.75, 3.05) is 10.0 Å². The normalized spacial score (nSPS) is 12.1. The highest BCUT2D eigenvalue weighted by Crippen LogP contribution is 2.24. The summed E-state index contributed by atoms with van der Waals surface area (Å²) in [6.45, 7) is 7.50. The minimum atomic E-state index is -3.76. The number of nitrogens with one attached hydrogen (secondary N) is 2. The summed E-state index contributed by atoms with van der Waals surface area (Å²) in [7, 11) is -3.76. The van der Waals surface area contributed by atoms with E-state index in [1.807, 2.05) is 70.2 Å². The zero-order valence-electron chi connectivity index (χ0n) is 18.7. The number of hydrogen-bond acceptors (Lipinski definition) is 4. The third kappa shape index (κ3) is 5.48. The van der Waals surface area contributed by atoms with E-state index in [9.17, 15) is 13.2 Å². The third-order valence-electron chi connectivity index (χ3n) is 5.18. The number of rotatable bonds is 8. The van der Waals surface area contributed by atoms with E-state index in [0.717, 1.165) is 16.7 Å². The van der Waals surface area contributed by atoms with Crippen LogP contribution in [0.3, 0.4) is 0 Å². The second kappa shape index (κ2) is 9.87. The molecule has 0 spiro atoms. The Morgan fingerprint density at radius 3 is 2.06 bits per heavy atom. The number of benzene rings is 3. The van der Waals surface area contributed by atoms with Crippen LogP contribution in [0, 0.1) is 20.8 Å². The lowest BCUT2D eigenvalue weighted by Crippen LogP contribution is -2.32. The largest absolute Gasteiger partial charge is 0.480 e. The summed E-state index contributed by atoms with van der Waals surface area (Å²) in [6, 6.07) is 19.2. The molecule has 168 valence electrons. The molecule has 3 aromatic rings. The van der Waals surface area contributed by atoms with Crippen molar-refractivity contribution in [1.29, 1.82) is 0 Å². The first-order valence-corrected chi connectivity index (χ1v) is 11.9. The van der Waals surface area contributed by atoms with Crippen molar-refractivity contribution in [3.8, 4) is 5.75 Å². The highest BCUT2D eigenvalue weighted by atomic mass is 32.2. The fourth-order valence-electron chi connectivity index (χ4n) is 3.27. The Hall–Kier alpha value is -3.32. The lowest BCUT2D eigenvalue weighted by atomic mass is 10.1. The summed E-state index contributed by atoms with van der Waals surface area (Å²) in [5.41, 5.74) is 3.70. The van der Waals surface area contributed by atoms with Gasteiger partial charge in [-0.25, -0.2) is 8.42 Å². The molecule has 0 unspecified atom stereocenters. The van der Waals surface area contributed by atoms with Gasteiger partial charge >= 0.3 is 0 Å². The van der Waals surface area contributed by atoms with Crippen LogP contribution in [0.15, 0.2) is 71.6 Å². The molecule has 0 saturated heterocycles. The molecule has 1 atom stereocenters. The van der Waals surface area contributed by atoms with Gasteiger partial charge in [-0.05, 0) is 74.2 Å². The molecule has 0 radical (unpaired) electrons. The Morgan fingerprint density at radius 2 is 1.47 bits per heavy atom. The zero-order chi connectivity index (χ0) is 23.3. The van der Waals surface area contributed by atoms with Crippen molar-refractivity contribution < 1.29 is 17.9 Å². The van der Waals surface area contributed by atoms with Crippen LogP contribution in [-0.2, 0) is 14.8 Å². The van der Waals surface area contributed by atoms with Crippen LogP contribution in [0.2, 0.25) is 0 Å². The smallest absolute Gasteiger partial charge is 0.265 e. The average Bonchev–Trinajstić information content (AvgIpc) is 2.76. The molecule has 3 aromatic carbocycles. The van der Waals surface area contributed by atoms with Gasteiger partial charge in [-0.1, -0.05) is 43.3 Å². The Kier molecular flexibility index (Phi) is 7.20. The summed E-state index contributed by atoms with van der Waals surface area (Å²) >= 11 is 0. The van der Waals surface area contributed by atoms with Gasteiger partial charge in [0.25, 0.3) is 15.9 Å². The van der Waals surface area contributed by atoms with Gasteiger partial charge in [-0.2, -0.15) is 0 Å². The van der Waals surface area contributed by atoms with E-state index in [1.165, 1.54) is 12.1 Å². The van der Waals surface area contributed by atoms with Gasteiger partial charge in [-0.15, -0.1) is 0 Å². The molecule has 0 aliphatic rings. The topological polar surface area (TPSA) is 84.5 Å². The average molecular weight is 453 g/mol. The number of aryl methyl sites for hydroxylation is 3. The minimum Gasteiger partial charge on any atom is -0.480 e. The number of carbonyl (C=O) groups excluding carboxylic acids is 1. The number of carbonyl (C=O) groups is 1. The summed E-state index contributed by atoms with van der Waals surface area (Å²) in [4.78, 5) is 12.8. The van der Waals surface area contributed by atoms with Gasteiger partial charge in [0.05, 0.1) is 10.6 Å². The summed E-state index contributed by atoms with van der Waals surface area (Å²) in [5, 5.41) is 2.80. The second-order valence-electron chi connectivity index (χ2n) is 7.67. The fourth-order valence-corrected chi connectivity index (χ4v) is 4.48. The van der Waals surface area contributed by atoms with Gasteiger partial charge in [0.1, 0.15) is 5.75 Å². The molecule has 2 N–H and O–H groups in total. The van der Waals surface area contributed by atoms with E-state index in [0.29, 0.717) is 23.5 Å². The van der Waals surface area contributed by atoms with Gasteiger partial charge in [0, 0.05) is 5.69 Å². The maximum Gasteiger partial charge on any atom is 0.265 e. The van der Waals surface area contributed by atoms with Crippen LogP contribution in [0.5, 0.6) is 5.75 Å². The maximum atomic E-state index is 12.8. The number of ether oxygens (including phenoxy) is 1. The Bertz CT molecular complexity index is 1180. The van der Waals surface area contributed by atoms with Crippen molar-refractivity contribution in [1.82, 2.24) is 0 Å². The van der Waals surface area contributed by atoms with Crippen molar-refractivity contribution in [3.63, 3.8) is 0 Å². The van der Waals surface area contributed by atoms with Crippen LogP contribution < -0.4 is 14.8 Å². The number of hydrogen-bond donors (Lipinski definition) is 2. The predicted molar refractivity (Wildman–Crippen MR) is 128 cm³/mol. The lowest BCUT2D eigenvalue weighted by molar-refractivity contribution is -0.122. The molecule has 0 aliphatic carbocycles. The Balaban J connectivity index is 1.70. The molecule has 32 heavy (non-hydrogen) atoms. The van der Waals surface area contributed by atoms with E-state index < -0.39 is 16.1 Å². The summed E-state index contributed by atoms with van der Waals surface area (Å²) < 4.78 is 34.2. The van der Waals surface area contributed by atoms with Gasteiger partial charge in [0.15, 0.2) is 6.10 Å². The van der Waals surface area contributed by atoms with Crippen molar-refractivity contribution in [2.24, 2.45) is 0 Å². The molecule has 0 fully saturated rings. The Labute approximate surface area is 189 Å². The fraction of sp³-hybridized carbons (Fsp3) is 0.240. The number of sulfonamides is 1. The predicted octanol–water partition coefficient (Wildman–Crippen LogP) is 5.21. The SMILES string of the molecule is CC[C@@H](Oc1ccccc1C)C(=O)Nc1ccc(S(=O)(=O)Nc2c(C)cccc2C)cc1. The summed E-state index contributed by atoms with van der Waals surface area (Å²) in [6.07, 6.45) is -0.169. The van der Waals surface area contributed by atoms with E-state index in [1.54, 1.807) is 12.1 Å². The molecule has 1 amide bonds. The lowest BCUT2D eigenvalue weighted by Gasteiger charge is -2.18. The van der Waals surface area contributed by atoms with E-state index in [-0.39, 0.29) is 10.8 Å². The van der Waals surface area contributed by atoms with Crippen LogP contribution in [0.4, 0.5) is 11.4 Å². The van der Waals surface area contributed by atoms with Crippen molar-refractivity contribution in [3.05, 3.63) is 83.4 Å². The summed E-state index contributed by atoms with van der Waals surface area (Å²) in [5.74, 6) is 0.369. The van der Waals surface area contributed by atoms with Gasteiger partial charge in [-0.3, -0.25) is 9.52 Å². The first-order chi connectivity index (χ1) is 15.2. The molecule has 3 rings (SSSR count). The van der Waals surface area contributed by atoms with Gasteiger partial charge < -0.3 is 10.1 Å². The van der Waals surface area contributed by atoms with Crippen LogP contribution >= 0.6 is 0 Å². The van der Waals surface area contributed by atoms with Crippen LogP contribution in [0.25, 0.3) is 0 Å². The number of para-hydroxylation sites is 2. The first-order valence-electron chi connectivity index (χ1n) is 10.4. The van der Waals surface area contributed by atoms with E-state index in [2.05, 4.69) is 10.0 Å². The van der Waals surface area contributed by atoms with Crippen molar-refractivity contribution in [2.45, 2.75) is 45.1 Å². The third-order valence-corrected chi connectivity index (χ3v) is 6.54. The van der Waals surface area contributed by atoms with E-state index >= 15 is 0 Å². The monoisotopic (exact) mass is 452 g/mol.